The Labute approximate surface area is 113 Å². The van der Waals surface area contributed by atoms with E-state index in [1.54, 1.807) is 25.3 Å². The molecule has 0 radical (unpaired) electrons. The molecule has 3 N–H and O–H groups in total. The Morgan fingerprint density at radius 3 is 2.78 bits per heavy atom. The molecule has 1 atom stereocenters. The fourth-order valence-corrected chi connectivity index (χ4v) is 1.98. The molecule has 0 saturated carbocycles. The van der Waals surface area contributed by atoms with E-state index in [4.69, 9.17) is 21.4 Å². The fourth-order valence-electron chi connectivity index (χ4n) is 1.78. The summed E-state index contributed by atoms with van der Waals surface area (Å²) in [6.45, 7) is 2.99. The highest BCUT2D eigenvalue weighted by Gasteiger charge is 2.23. The first kappa shape index (κ1) is 15.2. The number of benzene rings is 1. The maximum Gasteiger partial charge on any atom is 0.120 e. The minimum atomic E-state index is -0.335. The Morgan fingerprint density at radius 1 is 1.44 bits per heavy atom. The van der Waals surface area contributed by atoms with Crippen molar-refractivity contribution in [1.29, 1.82) is 0 Å². The zero-order chi connectivity index (χ0) is 13.6. The summed E-state index contributed by atoms with van der Waals surface area (Å²) in [6, 6.07) is 4.93. The number of methoxy groups -OCH3 is 1. The average molecular weight is 274 g/mol. The van der Waals surface area contributed by atoms with Crippen molar-refractivity contribution in [2.75, 3.05) is 20.3 Å². The Balaban J connectivity index is 2.69. The molecule has 5 heteroatoms. The molecule has 0 aliphatic heterocycles. The average Bonchev–Trinajstić information content (AvgIpc) is 2.31. The molecule has 0 spiro atoms. The van der Waals surface area contributed by atoms with Crippen LogP contribution < -0.4 is 5.32 Å². The number of halogens is 1. The quantitative estimate of drug-likeness (QED) is 0.710. The van der Waals surface area contributed by atoms with Crippen LogP contribution in [0.2, 0.25) is 5.02 Å². The van der Waals surface area contributed by atoms with E-state index in [0.29, 0.717) is 24.6 Å². The second-order valence-corrected chi connectivity index (χ2v) is 5.03. The Hall–Kier alpha value is -0.810. The van der Waals surface area contributed by atoms with Gasteiger partial charge in [0, 0.05) is 36.4 Å². The second kappa shape index (κ2) is 6.95. The molecule has 0 heterocycles. The summed E-state index contributed by atoms with van der Waals surface area (Å²) < 4.78 is 5.14. The smallest absolute Gasteiger partial charge is 0.120 e. The van der Waals surface area contributed by atoms with Gasteiger partial charge in [-0.05, 0) is 31.5 Å². The van der Waals surface area contributed by atoms with E-state index in [9.17, 15) is 5.11 Å². The van der Waals surface area contributed by atoms with E-state index < -0.39 is 0 Å². The van der Waals surface area contributed by atoms with Crippen LogP contribution in [0.5, 0.6) is 5.75 Å². The first-order chi connectivity index (χ1) is 8.50. The third-order valence-electron chi connectivity index (χ3n) is 2.87. The Kier molecular flexibility index (Phi) is 5.88. The summed E-state index contributed by atoms with van der Waals surface area (Å²) in [6.07, 6.45) is 0.572. The van der Waals surface area contributed by atoms with Gasteiger partial charge in [-0.1, -0.05) is 11.6 Å². The molecule has 0 amide bonds. The van der Waals surface area contributed by atoms with Crippen LogP contribution in [0.1, 0.15) is 18.9 Å². The van der Waals surface area contributed by atoms with E-state index in [1.807, 2.05) is 6.92 Å². The molecule has 1 aromatic rings. The number of phenols is 1. The lowest BCUT2D eigenvalue weighted by Gasteiger charge is -2.29. The second-order valence-electron chi connectivity index (χ2n) is 4.59. The number of hydrogen-bond donors (Lipinski definition) is 3. The normalized spacial score (nSPS) is 14.4. The molecule has 18 heavy (non-hydrogen) atoms. The maximum absolute atomic E-state index is 9.71. The minimum absolute atomic E-state index is 0.0778. The molecule has 0 saturated heterocycles. The van der Waals surface area contributed by atoms with Gasteiger partial charge >= 0.3 is 0 Å². The third kappa shape index (κ3) is 4.46. The van der Waals surface area contributed by atoms with Crippen LogP contribution in [-0.4, -0.2) is 36.1 Å². The van der Waals surface area contributed by atoms with Crippen LogP contribution in [0.3, 0.4) is 0 Å². The van der Waals surface area contributed by atoms with Crippen LogP contribution in [0.4, 0.5) is 0 Å². The van der Waals surface area contributed by atoms with Gasteiger partial charge in [-0.2, -0.15) is 0 Å². The molecule has 1 unspecified atom stereocenters. The van der Waals surface area contributed by atoms with E-state index in [-0.39, 0.29) is 17.9 Å². The lowest BCUT2D eigenvalue weighted by molar-refractivity contribution is 0.0968. The molecule has 0 aliphatic carbocycles. The highest BCUT2D eigenvalue weighted by Crippen LogP contribution is 2.22. The van der Waals surface area contributed by atoms with Gasteiger partial charge < -0.3 is 20.3 Å². The predicted molar refractivity (Wildman–Crippen MR) is 71.9 cm³/mol. The molecular weight excluding hydrogens is 254 g/mol. The highest BCUT2D eigenvalue weighted by atomic mass is 35.5. The van der Waals surface area contributed by atoms with Crippen LogP contribution >= 0.6 is 11.6 Å². The summed E-state index contributed by atoms with van der Waals surface area (Å²) in [5.41, 5.74) is 0.390. The molecule has 0 fully saturated rings. The molecule has 0 aliphatic rings. The van der Waals surface area contributed by atoms with Crippen LogP contribution in [-0.2, 0) is 11.3 Å². The zero-order valence-corrected chi connectivity index (χ0v) is 11.5. The maximum atomic E-state index is 9.71. The summed E-state index contributed by atoms with van der Waals surface area (Å²) in [5.74, 6) is 0.204. The summed E-state index contributed by atoms with van der Waals surface area (Å²) in [4.78, 5) is 0. The Bertz CT molecular complexity index is 378. The van der Waals surface area contributed by atoms with Crippen molar-refractivity contribution in [2.24, 2.45) is 0 Å². The van der Waals surface area contributed by atoms with Crippen molar-refractivity contribution in [3.05, 3.63) is 28.8 Å². The Morgan fingerprint density at radius 2 is 2.17 bits per heavy atom. The number of aromatic hydroxyl groups is 1. The number of aliphatic hydroxyl groups excluding tert-OH is 1. The summed E-state index contributed by atoms with van der Waals surface area (Å²) in [5, 5.41) is 22.6. The van der Waals surface area contributed by atoms with Gasteiger partial charge in [0.1, 0.15) is 5.75 Å². The standard InChI is InChI=1S/C13H20ClNO3/c1-13(5-6-16,9-18-2)15-8-10-7-11(14)3-4-12(10)17/h3-4,7,15-17H,5-6,8-9H2,1-2H3. The van der Waals surface area contributed by atoms with Crippen LogP contribution in [0, 0.1) is 0 Å². The molecule has 1 aromatic carbocycles. The van der Waals surface area contributed by atoms with Crippen molar-refractivity contribution in [2.45, 2.75) is 25.4 Å². The largest absolute Gasteiger partial charge is 0.508 e. The van der Waals surface area contributed by atoms with E-state index in [0.717, 1.165) is 5.56 Å². The van der Waals surface area contributed by atoms with E-state index >= 15 is 0 Å². The zero-order valence-electron chi connectivity index (χ0n) is 10.7. The van der Waals surface area contributed by atoms with E-state index in [2.05, 4.69) is 5.32 Å². The minimum Gasteiger partial charge on any atom is -0.508 e. The number of hydrogen-bond acceptors (Lipinski definition) is 4. The van der Waals surface area contributed by atoms with Crippen LogP contribution in [0.15, 0.2) is 18.2 Å². The first-order valence-electron chi connectivity index (χ1n) is 5.83. The molecular formula is C13H20ClNO3. The number of aliphatic hydroxyl groups is 1. The van der Waals surface area contributed by atoms with Crippen molar-refractivity contribution in [1.82, 2.24) is 5.32 Å². The van der Waals surface area contributed by atoms with Crippen molar-refractivity contribution >= 4 is 11.6 Å². The number of rotatable bonds is 7. The molecule has 102 valence electrons. The van der Waals surface area contributed by atoms with Crippen LogP contribution in [0.25, 0.3) is 0 Å². The molecule has 0 aromatic heterocycles. The number of nitrogens with one attached hydrogen (secondary N) is 1. The fraction of sp³-hybridized carbons (Fsp3) is 0.538. The van der Waals surface area contributed by atoms with Gasteiger partial charge in [0.05, 0.1) is 6.61 Å². The topological polar surface area (TPSA) is 61.7 Å². The number of ether oxygens (including phenoxy) is 1. The van der Waals surface area contributed by atoms with Crippen molar-refractivity contribution < 1.29 is 14.9 Å². The monoisotopic (exact) mass is 273 g/mol. The summed E-state index contributed by atoms with van der Waals surface area (Å²) in [7, 11) is 1.62. The molecule has 1 rings (SSSR count). The first-order valence-corrected chi connectivity index (χ1v) is 6.21. The van der Waals surface area contributed by atoms with Crippen molar-refractivity contribution in [3.8, 4) is 5.75 Å². The van der Waals surface area contributed by atoms with Gasteiger partial charge in [-0.25, -0.2) is 0 Å². The lowest BCUT2D eigenvalue weighted by atomic mass is 9.99. The lowest BCUT2D eigenvalue weighted by Crippen LogP contribution is -2.46. The van der Waals surface area contributed by atoms with Gasteiger partial charge in [-0.15, -0.1) is 0 Å². The van der Waals surface area contributed by atoms with Gasteiger partial charge in [0.2, 0.25) is 0 Å². The van der Waals surface area contributed by atoms with Crippen molar-refractivity contribution in [3.63, 3.8) is 0 Å². The number of phenolic OH excluding ortho intramolecular Hbond substituents is 1. The predicted octanol–water partition coefficient (Wildman–Crippen LogP) is 1.92. The summed E-state index contributed by atoms with van der Waals surface area (Å²) >= 11 is 5.89. The molecule has 0 bridgehead atoms. The highest BCUT2D eigenvalue weighted by molar-refractivity contribution is 6.30. The SMILES string of the molecule is COCC(C)(CCO)NCc1cc(Cl)ccc1O. The van der Waals surface area contributed by atoms with Gasteiger partial charge in [-0.3, -0.25) is 0 Å². The molecule has 4 nitrogen and oxygen atoms in total. The van der Waals surface area contributed by atoms with Gasteiger partial charge in [0.25, 0.3) is 0 Å². The third-order valence-corrected chi connectivity index (χ3v) is 3.11. The van der Waals surface area contributed by atoms with E-state index in [1.165, 1.54) is 0 Å². The van der Waals surface area contributed by atoms with Gasteiger partial charge in [0.15, 0.2) is 0 Å².